The third-order valence-electron chi connectivity index (χ3n) is 3.03. The van der Waals surface area contributed by atoms with E-state index in [0.29, 0.717) is 12.5 Å². The van der Waals surface area contributed by atoms with Gasteiger partial charge >= 0.3 is 0 Å². The number of nitriles is 1. The minimum Gasteiger partial charge on any atom is -0.321 e. The molecule has 80 valence electrons. The minimum atomic E-state index is 0.380. The molecule has 2 heterocycles. The molecule has 1 aliphatic rings. The second-order valence-corrected chi connectivity index (χ2v) is 4.03. The van der Waals surface area contributed by atoms with Crippen molar-refractivity contribution in [2.75, 3.05) is 13.1 Å². The Morgan fingerprint density at radius 3 is 2.94 bits per heavy atom. The van der Waals surface area contributed by atoms with Crippen molar-refractivity contribution in [2.24, 2.45) is 0 Å². The summed E-state index contributed by atoms with van der Waals surface area (Å²) in [5.41, 5.74) is 2.12. The van der Waals surface area contributed by atoms with Crippen molar-refractivity contribution in [1.29, 1.82) is 5.26 Å². The molecule has 1 aliphatic heterocycles. The second kappa shape index (κ2) is 3.62. The molecule has 1 aromatic carbocycles. The van der Waals surface area contributed by atoms with Crippen LogP contribution in [0.5, 0.6) is 0 Å². The summed E-state index contributed by atoms with van der Waals surface area (Å²) < 4.78 is 2.20. The zero-order valence-electron chi connectivity index (χ0n) is 8.85. The average Bonchev–Trinajstić information content (AvgIpc) is 2.56. The Morgan fingerprint density at radius 1 is 1.44 bits per heavy atom. The predicted octanol–water partition coefficient (Wildman–Crippen LogP) is 1.25. The normalized spacial score (nSPS) is 15.9. The first-order chi connectivity index (χ1) is 7.90. The third kappa shape index (κ3) is 1.29. The van der Waals surface area contributed by atoms with E-state index >= 15 is 0 Å². The van der Waals surface area contributed by atoms with Gasteiger partial charge in [-0.25, -0.2) is 4.98 Å². The Bertz CT molecular complexity index is 560. The summed E-state index contributed by atoms with van der Waals surface area (Å²) in [5.74, 6) is 0.884. The number of para-hydroxylation sites is 2. The van der Waals surface area contributed by atoms with Crippen LogP contribution in [0, 0.1) is 11.3 Å². The van der Waals surface area contributed by atoms with Crippen molar-refractivity contribution < 1.29 is 0 Å². The summed E-state index contributed by atoms with van der Waals surface area (Å²) in [6.45, 7) is 1.94. The fourth-order valence-corrected chi connectivity index (χ4v) is 2.15. The lowest BCUT2D eigenvalue weighted by Gasteiger charge is -2.30. The number of imidazole rings is 1. The molecular formula is C12H12N4. The van der Waals surface area contributed by atoms with Crippen LogP contribution in [0.4, 0.5) is 0 Å². The summed E-state index contributed by atoms with van der Waals surface area (Å²) in [7, 11) is 0. The number of nitrogens with one attached hydrogen (secondary N) is 1. The molecule has 1 fully saturated rings. The van der Waals surface area contributed by atoms with Crippen molar-refractivity contribution in [1.82, 2.24) is 14.9 Å². The van der Waals surface area contributed by atoms with Crippen molar-refractivity contribution in [3.05, 3.63) is 30.1 Å². The van der Waals surface area contributed by atoms with Crippen LogP contribution in [-0.4, -0.2) is 22.6 Å². The first-order valence-corrected chi connectivity index (χ1v) is 5.43. The standard InChI is InChI=1S/C12H12N4/c13-6-5-12-15-10-3-1-2-4-11(10)16(12)9-7-14-8-9/h1-4,9,14H,5,7-8H2. The highest BCUT2D eigenvalue weighted by Gasteiger charge is 2.23. The number of nitrogens with zero attached hydrogens (tertiary/aromatic N) is 3. The van der Waals surface area contributed by atoms with Gasteiger partial charge in [0, 0.05) is 13.1 Å². The smallest absolute Gasteiger partial charge is 0.124 e. The summed E-state index contributed by atoms with van der Waals surface area (Å²) in [6, 6.07) is 10.7. The van der Waals surface area contributed by atoms with E-state index in [-0.39, 0.29) is 0 Å². The lowest BCUT2D eigenvalue weighted by molar-refractivity contribution is 0.344. The van der Waals surface area contributed by atoms with Gasteiger partial charge in [-0.3, -0.25) is 0 Å². The van der Waals surface area contributed by atoms with E-state index in [4.69, 9.17) is 5.26 Å². The van der Waals surface area contributed by atoms with E-state index in [0.717, 1.165) is 29.9 Å². The Hall–Kier alpha value is -1.86. The highest BCUT2D eigenvalue weighted by molar-refractivity contribution is 5.76. The van der Waals surface area contributed by atoms with Gasteiger partial charge in [0.2, 0.25) is 0 Å². The Balaban J connectivity index is 2.19. The molecule has 4 heteroatoms. The molecule has 0 bridgehead atoms. The van der Waals surface area contributed by atoms with Crippen LogP contribution in [0.25, 0.3) is 11.0 Å². The van der Waals surface area contributed by atoms with Crippen LogP contribution in [-0.2, 0) is 6.42 Å². The highest BCUT2D eigenvalue weighted by Crippen LogP contribution is 2.23. The first-order valence-electron chi connectivity index (χ1n) is 5.43. The van der Waals surface area contributed by atoms with E-state index < -0.39 is 0 Å². The molecule has 0 aliphatic carbocycles. The van der Waals surface area contributed by atoms with Gasteiger partial charge in [0.1, 0.15) is 5.82 Å². The maximum absolute atomic E-state index is 8.82. The van der Waals surface area contributed by atoms with Gasteiger partial charge in [0.15, 0.2) is 0 Å². The second-order valence-electron chi connectivity index (χ2n) is 4.03. The molecule has 1 saturated heterocycles. The van der Waals surface area contributed by atoms with Crippen LogP contribution in [0.3, 0.4) is 0 Å². The Kier molecular flexibility index (Phi) is 2.12. The van der Waals surface area contributed by atoms with E-state index in [2.05, 4.69) is 27.0 Å². The topological polar surface area (TPSA) is 53.6 Å². The number of aromatic nitrogens is 2. The molecular weight excluding hydrogens is 200 g/mol. The number of hydrogen-bond donors (Lipinski definition) is 1. The van der Waals surface area contributed by atoms with Crippen LogP contribution in [0.2, 0.25) is 0 Å². The van der Waals surface area contributed by atoms with Gasteiger partial charge in [-0.05, 0) is 12.1 Å². The molecule has 0 atom stereocenters. The molecule has 1 N–H and O–H groups in total. The number of hydrogen-bond acceptors (Lipinski definition) is 3. The van der Waals surface area contributed by atoms with Crippen molar-refractivity contribution in [3.63, 3.8) is 0 Å². The molecule has 0 saturated carbocycles. The summed E-state index contributed by atoms with van der Waals surface area (Å²) in [4.78, 5) is 4.52. The molecule has 0 amide bonds. The summed E-state index contributed by atoms with van der Waals surface area (Å²) >= 11 is 0. The predicted molar refractivity (Wildman–Crippen MR) is 61.0 cm³/mol. The zero-order valence-corrected chi connectivity index (χ0v) is 8.85. The van der Waals surface area contributed by atoms with Crippen molar-refractivity contribution in [2.45, 2.75) is 12.5 Å². The SMILES string of the molecule is N#CCc1nc2ccccc2n1C1CNC1. The molecule has 2 aromatic rings. The summed E-state index contributed by atoms with van der Waals surface area (Å²) in [6.07, 6.45) is 0.380. The monoisotopic (exact) mass is 212 g/mol. The number of rotatable bonds is 2. The zero-order chi connectivity index (χ0) is 11.0. The van der Waals surface area contributed by atoms with Gasteiger partial charge in [-0.15, -0.1) is 0 Å². The van der Waals surface area contributed by atoms with E-state index in [1.807, 2.05) is 18.2 Å². The maximum Gasteiger partial charge on any atom is 0.124 e. The van der Waals surface area contributed by atoms with E-state index in [1.165, 1.54) is 0 Å². The molecule has 1 aromatic heterocycles. The summed E-state index contributed by atoms with van der Waals surface area (Å²) in [5, 5.41) is 12.1. The molecule has 0 unspecified atom stereocenters. The molecule has 4 nitrogen and oxygen atoms in total. The lowest BCUT2D eigenvalue weighted by atomic mass is 10.1. The Morgan fingerprint density at radius 2 is 2.25 bits per heavy atom. The maximum atomic E-state index is 8.82. The van der Waals surface area contributed by atoms with Gasteiger partial charge in [-0.1, -0.05) is 12.1 Å². The Labute approximate surface area is 93.5 Å². The number of benzene rings is 1. The van der Waals surface area contributed by atoms with E-state index in [9.17, 15) is 0 Å². The molecule has 0 spiro atoms. The fourth-order valence-electron chi connectivity index (χ4n) is 2.15. The fraction of sp³-hybridized carbons (Fsp3) is 0.333. The van der Waals surface area contributed by atoms with Crippen molar-refractivity contribution >= 4 is 11.0 Å². The van der Waals surface area contributed by atoms with Crippen molar-refractivity contribution in [3.8, 4) is 6.07 Å². The molecule has 0 radical (unpaired) electrons. The van der Waals surface area contributed by atoms with Crippen LogP contribution in [0.1, 0.15) is 11.9 Å². The van der Waals surface area contributed by atoms with Gasteiger partial charge in [0.25, 0.3) is 0 Å². The third-order valence-corrected chi connectivity index (χ3v) is 3.03. The van der Waals surface area contributed by atoms with Gasteiger partial charge in [0.05, 0.1) is 29.6 Å². The van der Waals surface area contributed by atoms with Gasteiger partial charge < -0.3 is 9.88 Å². The van der Waals surface area contributed by atoms with Crippen LogP contribution in [0.15, 0.2) is 24.3 Å². The highest BCUT2D eigenvalue weighted by atomic mass is 15.2. The quantitative estimate of drug-likeness (QED) is 0.815. The first kappa shape index (κ1) is 9.37. The van der Waals surface area contributed by atoms with Crippen LogP contribution >= 0.6 is 0 Å². The number of fused-ring (bicyclic) bond motifs is 1. The lowest BCUT2D eigenvalue weighted by Crippen LogP contribution is -2.43. The molecule has 16 heavy (non-hydrogen) atoms. The largest absolute Gasteiger partial charge is 0.321 e. The minimum absolute atomic E-state index is 0.380. The van der Waals surface area contributed by atoms with Gasteiger partial charge in [-0.2, -0.15) is 5.26 Å². The molecule has 3 rings (SSSR count). The average molecular weight is 212 g/mol. The van der Waals surface area contributed by atoms with Crippen LogP contribution < -0.4 is 5.32 Å². The van der Waals surface area contributed by atoms with E-state index in [1.54, 1.807) is 0 Å².